The second-order valence-corrected chi connectivity index (χ2v) is 15.7. The van der Waals surface area contributed by atoms with E-state index in [4.69, 9.17) is 25.5 Å². The van der Waals surface area contributed by atoms with Gasteiger partial charge in [-0.05, 0) is 114 Å². The molecule has 0 radical (unpaired) electrons. The molecule has 1 aliphatic rings. The number of halogens is 1. The number of carbonyl (C=O) groups excluding carboxylic acids is 1. The predicted octanol–water partition coefficient (Wildman–Crippen LogP) is 6.80. The van der Waals surface area contributed by atoms with Crippen LogP contribution in [0.5, 0.6) is 5.75 Å². The lowest BCUT2D eigenvalue weighted by Crippen LogP contribution is -2.53. The van der Waals surface area contributed by atoms with Crippen LogP contribution in [0, 0.1) is 17.1 Å². The second-order valence-electron chi connectivity index (χ2n) is 13.8. The highest BCUT2D eigenvalue weighted by Gasteiger charge is 2.30. The molecule has 1 aliphatic heterocycles. The molecule has 1 saturated heterocycles. The number of nitrogens with one attached hydrogen (secondary N) is 1. The predicted molar refractivity (Wildman–Crippen MR) is 201 cm³/mol. The highest BCUT2D eigenvalue weighted by atomic mass is 32.2. The molecular weight excluding hydrogens is 684 g/mol. The van der Waals surface area contributed by atoms with E-state index in [-0.39, 0.29) is 29.4 Å². The van der Waals surface area contributed by atoms with Gasteiger partial charge in [-0.15, -0.1) is 0 Å². The number of nitrogens with zero attached hydrogens (tertiary/aromatic N) is 4. The summed E-state index contributed by atoms with van der Waals surface area (Å²) in [6.07, 6.45) is 2.12. The van der Waals surface area contributed by atoms with Crippen LogP contribution in [0.2, 0.25) is 0 Å². The summed E-state index contributed by atoms with van der Waals surface area (Å²) in [5, 5.41) is 11.8. The van der Waals surface area contributed by atoms with Crippen molar-refractivity contribution in [1.29, 1.82) is 5.26 Å². The fraction of sp³-hybridized carbons (Fsp3) is 0.462. The van der Waals surface area contributed by atoms with Gasteiger partial charge in [0.1, 0.15) is 35.4 Å². The summed E-state index contributed by atoms with van der Waals surface area (Å²) in [7, 11) is -3.76. The fourth-order valence-electron chi connectivity index (χ4n) is 6.41. The van der Waals surface area contributed by atoms with E-state index >= 15 is 0 Å². The van der Waals surface area contributed by atoms with Crippen molar-refractivity contribution in [2.45, 2.75) is 98.2 Å². The molecule has 1 fully saturated rings. The molecule has 3 N–H and O–H groups in total. The highest BCUT2D eigenvalue weighted by molar-refractivity contribution is 7.90. The average molecular weight is 735 g/mol. The lowest BCUT2D eigenvalue weighted by Gasteiger charge is -2.34. The lowest BCUT2D eigenvalue weighted by atomic mass is 9.89. The number of aromatic nitrogens is 2. The van der Waals surface area contributed by atoms with Crippen molar-refractivity contribution in [2.75, 3.05) is 18.8 Å². The van der Waals surface area contributed by atoms with Crippen LogP contribution in [0.1, 0.15) is 107 Å². The maximum Gasteiger partial charge on any atom is 0.253 e. The zero-order valence-corrected chi connectivity index (χ0v) is 32.0. The number of rotatable bonds is 13. The van der Waals surface area contributed by atoms with E-state index in [0.717, 1.165) is 31.5 Å². The first-order valence-corrected chi connectivity index (χ1v) is 19.4. The van der Waals surface area contributed by atoms with Crippen LogP contribution in [0.4, 0.5) is 4.39 Å². The number of amides is 1. The first-order chi connectivity index (χ1) is 24.6. The standard InChI is InChI=1S/C37H45FN6O5S.C2H6/c1-6-18-50(46,47)44-33-21-28(35(45)42-37(4,5)49-36(2,3)40)12-13-32(33)41-34(44)23-43-16-14-26(15-17-43)27-8-7-9-30(20-27)48-24-29-11-10-25(22-39)19-31(29)38;1-2/h7-13,19-21,26H,6,14-18,23-24,40H2,1-5H3,(H,42,45);1-2H3. The Bertz CT molecular complexity index is 2010. The number of ether oxygens (including phenoxy) is 2. The number of hydrogen-bond acceptors (Lipinski definition) is 9. The summed E-state index contributed by atoms with van der Waals surface area (Å²) in [6, 6.07) is 18.9. The van der Waals surface area contributed by atoms with Gasteiger partial charge in [0.25, 0.3) is 5.91 Å². The Kier molecular flexibility index (Phi) is 13.2. The molecule has 1 aromatic heterocycles. The van der Waals surface area contributed by atoms with Gasteiger partial charge < -0.3 is 20.5 Å². The number of piperidine rings is 1. The molecular formula is C39H51FN6O5S. The molecule has 2 heterocycles. The Labute approximate surface area is 307 Å². The SMILES string of the molecule is CC.CCCS(=O)(=O)n1c(CN2CCC(c3cccc(OCc4ccc(C#N)cc4F)c3)CC2)nc2ccc(C(=O)NC(C)(C)OC(C)(C)N)cc21. The van der Waals surface area contributed by atoms with Crippen molar-refractivity contribution in [3.8, 4) is 11.8 Å². The first-order valence-electron chi connectivity index (χ1n) is 17.8. The minimum absolute atomic E-state index is 0.0482. The number of fused-ring (bicyclic) bond motifs is 1. The molecule has 11 nitrogen and oxygen atoms in total. The van der Waals surface area contributed by atoms with E-state index in [9.17, 15) is 17.6 Å². The Hall–Kier alpha value is -4.35. The van der Waals surface area contributed by atoms with Gasteiger partial charge in [-0.25, -0.2) is 21.8 Å². The van der Waals surface area contributed by atoms with Gasteiger partial charge in [0.2, 0.25) is 10.0 Å². The Morgan fingerprint density at radius 2 is 1.79 bits per heavy atom. The smallest absolute Gasteiger partial charge is 0.253 e. The summed E-state index contributed by atoms with van der Waals surface area (Å²) < 4.78 is 54.6. The summed E-state index contributed by atoms with van der Waals surface area (Å²) in [6.45, 7) is 14.4. The maximum atomic E-state index is 14.3. The molecule has 0 aliphatic carbocycles. The number of nitrogens with two attached hydrogens (primary N) is 1. The van der Waals surface area contributed by atoms with Gasteiger partial charge >= 0.3 is 0 Å². The molecule has 3 aromatic carbocycles. The van der Waals surface area contributed by atoms with Gasteiger partial charge in [-0.2, -0.15) is 5.26 Å². The van der Waals surface area contributed by atoms with Crippen molar-refractivity contribution in [3.05, 3.63) is 94.6 Å². The monoisotopic (exact) mass is 734 g/mol. The molecule has 0 unspecified atom stereocenters. The zero-order chi connectivity index (χ0) is 38.3. The zero-order valence-electron chi connectivity index (χ0n) is 31.2. The number of hydrogen-bond donors (Lipinski definition) is 2. The van der Waals surface area contributed by atoms with Crippen LogP contribution in [0.3, 0.4) is 0 Å². The summed E-state index contributed by atoms with van der Waals surface area (Å²) in [5.41, 5.74) is 6.81. The molecule has 4 aromatic rings. The third-order valence-corrected chi connectivity index (χ3v) is 10.4. The van der Waals surface area contributed by atoms with E-state index < -0.39 is 33.2 Å². The van der Waals surface area contributed by atoms with E-state index in [1.165, 1.54) is 10.0 Å². The van der Waals surface area contributed by atoms with Crippen molar-refractivity contribution in [2.24, 2.45) is 5.73 Å². The molecule has 0 atom stereocenters. The average Bonchev–Trinajstić information content (AvgIpc) is 3.45. The molecule has 0 bridgehead atoms. The van der Waals surface area contributed by atoms with Crippen LogP contribution < -0.4 is 15.8 Å². The van der Waals surface area contributed by atoms with Crippen LogP contribution >= 0.6 is 0 Å². The summed E-state index contributed by atoms with van der Waals surface area (Å²) >= 11 is 0. The number of carbonyl (C=O) groups is 1. The van der Waals surface area contributed by atoms with Gasteiger partial charge in [0, 0.05) is 11.1 Å². The van der Waals surface area contributed by atoms with Crippen LogP contribution in [-0.4, -0.2) is 58.5 Å². The second kappa shape index (κ2) is 17.0. The number of likely N-dealkylation sites (tertiary alicyclic amines) is 1. The Balaban J connectivity index is 0.00000297. The highest BCUT2D eigenvalue weighted by Crippen LogP contribution is 2.32. The molecule has 1 amide bonds. The van der Waals surface area contributed by atoms with E-state index in [1.54, 1.807) is 58.0 Å². The molecule has 280 valence electrons. The largest absolute Gasteiger partial charge is 0.489 e. The van der Waals surface area contributed by atoms with Gasteiger partial charge in [-0.1, -0.05) is 39.0 Å². The minimum Gasteiger partial charge on any atom is -0.489 e. The molecule has 13 heteroatoms. The topological polar surface area (TPSA) is 153 Å². The minimum atomic E-state index is -3.76. The third kappa shape index (κ3) is 10.4. The third-order valence-electron chi connectivity index (χ3n) is 8.47. The summed E-state index contributed by atoms with van der Waals surface area (Å²) in [5.74, 6) is 0.340. The van der Waals surface area contributed by atoms with Crippen molar-refractivity contribution >= 4 is 27.0 Å². The van der Waals surface area contributed by atoms with E-state index in [0.29, 0.717) is 41.1 Å². The molecule has 0 saturated carbocycles. The Morgan fingerprint density at radius 1 is 1.08 bits per heavy atom. The normalized spacial score (nSPS) is 14.4. The fourth-order valence-corrected chi connectivity index (χ4v) is 7.98. The van der Waals surface area contributed by atoms with Crippen LogP contribution in [0.25, 0.3) is 11.0 Å². The number of nitriles is 1. The van der Waals surface area contributed by atoms with E-state index in [1.807, 2.05) is 45.0 Å². The first kappa shape index (κ1) is 40.4. The van der Waals surface area contributed by atoms with E-state index in [2.05, 4.69) is 16.3 Å². The van der Waals surface area contributed by atoms with Crippen LogP contribution in [-0.2, 0) is 27.9 Å². The lowest BCUT2D eigenvalue weighted by molar-refractivity contribution is -0.129. The van der Waals surface area contributed by atoms with Crippen molar-refractivity contribution < 1.29 is 27.1 Å². The molecule has 5 rings (SSSR count). The molecule has 52 heavy (non-hydrogen) atoms. The quantitative estimate of drug-likeness (QED) is 0.141. The maximum absolute atomic E-state index is 14.3. The van der Waals surface area contributed by atoms with Gasteiger partial charge in [0.15, 0.2) is 0 Å². The number of benzene rings is 3. The number of imidazole rings is 1. The van der Waals surface area contributed by atoms with Gasteiger partial charge in [-0.3, -0.25) is 9.69 Å². The van der Waals surface area contributed by atoms with Crippen molar-refractivity contribution in [1.82, 2.24) is 19.2 Å². The van der Waals surface area contributed by atoms with Crippen molar-refractivity contribution in [3.63, 3.8) is 0 Å². The molecule has 0 spiro atoms. The Morgan fingerprint density at radius 3 is 2.42 bits per heavy atom. The summed E-state index contributed by atoms with van der Waals surface area (Å²) in [4.78, 5) is 20.2. The van der Waals surface area contributed by atoms with Gasteiger partial charge in [0.05, 0.1) is 35.0 Å². The van der Waals surface area contributed by atoms with Crippen LogP contribution in [0.15, 0.2) is 60.7 Å².